The van der Waals surface area contributed by atoms with Gasteiger partial charge in [0.2, 0.25) is 5.91 Å². The van der Waals surface area contributed by atoms with Gasteiger partial charge in [-0.3, -0.25) is 9.48 Å². The summed E-state index contributed by atoms with van der Waals surface area (Å²) in [7, 11) is 1.87. The smallest absolute Gasteiger partial charge is 0.234 e. The standard InChI is InChI=1S/C18H22N6OS2/c1-11-17(12(2)23(3)22-11)19-16(25)10-27-18-21-20-15(24(18)13-6-7-13)9-14-5-4-8-26-14/h4-5,8,13H,6-7,9-10H2,1-3H3,(H,19,25). The van der Waals surface area contributed by atoms with Crippen molar-refractivity contribution in [1.82, 2.24) is 24.5 Å². The zero-order chi connectivity index (χ0) is 19.0. The highest BCUT2D eigenvalue weighted by Gasteiger charge is 2.30. The molecule has 27 heavy (non-hydrogen) atoms. The van der Waals surface area contributed by atoms with E-state index in [-0.39, 0.29) is 5.91 Å². The first kappa shape index (κ1) is 18.2. The Morgan fingerprint density at radius 2 is 2.19 bits per heavy atom. The van der Waals surface area contributed by atoms with Gasteiger partial charge in [-0.15, -0.1) is 21.5 Å². The third-order valence-electron chi connectivity index (χ3n) is 4.67. The lowest BCUT2D eigenvalue weighted by molar-refractivity contribution is -0.113. The summed E-state index contributed by atoms with van der Waals surface area (Å²) in [5.41, 5.74) is 2.57. The lowest BCUT2D eigenvalue weighted by Gasteiger charge is -2.09. The summed E-state index contributed by atoms with van der Waals surface area (Å²) in [6, 6.07) is 4.65. The van der Waals surface area contributed by atoms with Crippen LogP contribution in [0.3, 0.4) is 0 Å². The van der Waals surface area contributed by atoms with Gasteiger partial charge in [0.1, 0.15) is 5.82 Å². The highest BCUT2D eigenvalue weighted by molar-refractivity contribution is 7.99. The van der Waals surface area contributed by atoms with E-state index in [4.69, 9.17) is 0 Å². The van der Waals surface area contributed by atoms with Crippen LogP contribution in [0, 0.1) is 13.8 Å². The molecule has 0 saturated heterocycles. The van der Waals surface area contributed by atoms with Gasteiger partial charge >= 0.3 is 0 Å². The van der Waals surface area contributed by atoms with Crippen LogP contribution in [-0.2, 0) is 18.3 Å². The SMILES string of the molecule is Cc1nn(C)c(C)c1NC(=O)CSc1nnc(Cc2cccs2)n1C1CC1. The molecule has 0 aromatic carbocycles. The summed E-state index contributed by atoms with van der Waals surface area (Å²) in [5, 5.41) is 19.0. The number of carbonyl (C=O) groups is 1. The Balaban J connectivity index is 1.43. The average molecular weight is 403 g/mol. The van der Waals surface area contributed by atoms with Crippen molar-refractivity contribution < 1.29 is 4.79 Å². The summed E-state index contributed by atoms with van der Waals surface area (Å²) in [4.78, 5) is 13.7. The van der Waals surface area contributed by atoms with E-state index in [1.54, 1.807) is 16.0 Å². The molecule has 0 radical (unpaired) electrons. The van der Waals surface area contributed by atoms with Gasteiger partial charge in [0.15, 0.2) is 5.16 Å². The summed E-state index contributed by atoms with van der Waals surface area (Å²) in [5.74, 6) is 1.24. The first-order valence-corrected chi connectivity index (χ1v) is 10.8. The fourth-order valence-electron chi connectivity index (χ4n) is 3.05. The molecule has 3 aromatic rings. The van der Waals surface area contributed by atoms with Crippen molar-refractivity contribution in [3.63, 3.8) is 0 Å². The number of anilines is 1. The number of rotatable bonds is 7. The molecule has 1 N–H and O–H groups in total. The third kappa shape index (κ3) is 3.93. The van der Waals surface area contributed by atoms with Gasteiger partial charge in [-0.1, -0.05) is 17.8 Å². The molecule has 0 unspecified atom stereocenters. The van der Waals surface area contributed by atoms with Gasteiger partial charge < -0.3 is 9.88 Å². The fourth-order valence-corrected chi connectivity index (χ4v) is 4.58. The van der Waals surface area contributed by atoms with E-state index < -0.39 is 0 Å². The highest BCUT2D eigenvalue weighted by Crippen LogP contribution is 2.39. The number of hydrogen-bond acceptors (Lipinski definition) is 6. The van der Waals surface area contributed by atoms with Gasteiger partial charge in [-0.25, -0.2) is 0 Å². The maximum Gasteiger partial charge on any atom is 0.234 e. The van der Waals surface area contributed by atoms with Gasteiger partial charge in [0, 0.05) is 24.4 Å². The second-order valence-corrected chi connectivity index (χ2v) is 8.74. The largest absolute Gasteiger partial charge is 0.322 e. The van der Waals surface area contributed by atoms with Crippen LogP contribution in [0.25, 0.3) is 0 Å². The molecule has 9 heteroatoms. The van der Waals surface area contributed by atoms with E-state index in [0.29, 0.717) is 11.8 Å². The highest BCUT2D eigenvalue weighted by atomic mass is 32.2. The topological polar surface area (TPSA) is 77.6 Å². The minimum Gasteiger partial charge on any atom is -0.322 e. The van der Waals surface area contributed by atoms with E-state index in [1.165, 1.54) is 16.6 Å². The number of nitrogens with one attached hydrogen (secondary N) is 1. The number of aromatic nitrogens is 5. The number of thiophene rings is 1. The molecular weight excluding hydrogens is 380 g/mol. The van der Waals surface area contributed by atoms with Gasteiger partial charge in [-0.2, -0.15) is 5.10 Å². The van der Waals surface area contributed by atoms with Gasteiger partial charge in [-0.05, 0) is 38.1 Å². The zero-order valence-electron chi connectivity index (χ0n) is 15.6. The first-order valence-electron chi connectivity index (χ1n) is 8.92. The third-order valence-corrected chi connectivity index (χ3v) is 6.48. The van der Waals surface area contributed by atoms with Crippen LogP contribution in [0.2, 0.25) is 0 Å². The molecule has 1 amide bonds. The molecule has 4 rings (SSSR count). The van der Waals surface area contributed by atoms with Crippen LogP contribution in [0.4, 0.5) is 5.69 Å². The molecule has 3 heterocycles. The summed E-state index contributed by atoms with van der Waals surface area (Å²) < 4.78 is 4.00. The molecule has 1 saturated carbocycles. The normalized spacial score (nSPS) is 13.9. The molecule has 3 aromatic heterocycles. The molecular formula is C18H22N6OS2. The number of nitrogens with zero attached hydrogens (tertiary/aromatic N) is 5. The molecule has 1 fully saturated rings. The van der Waals surface area contributed by atoms with E-state index in [1.807, 2.05) is 20.9 Å². The number of hydrogen-bond donors (Lipinski definition) is 1. The van der Waals surface area contributed by atoms with Crippen LogP contribution < -0.4 is 5.32 Å². The number of carbonyl (C=O) groups excluding carboxylic acids is 1. The number of amides is 1. The van der Waals surface area contributed by atoms with Crippen molar-refractivity contribution in [2.24, 2.45) is 7.05 Å². The van der Waals surface area contributed by atoms with E-state index in [2.05, 4.69) is 42.7 Å². The second-order valence-electron chi connectivity index (χ2n) is 6.76. The molecule has 0 spiro atoms. The average Bonchev–Trinajstić information content (AvgIpc) is 3.10. The van der Waals surface area contributed by atoms with Crippen molar-refractivity contribution in [1.29, 1.82) is 0 Å². The lowest BCUT2D eigenvalue weighted by atomic mass is 10.3. The van der Waals surface area contributed by atoms with Crippen LogP contribution in [-0.4, -0.2) is 36.2 Å². The van der Waals surface area contributed by atoms with Gasteiger partial charge in [0.25, 0.3) is 0 Å². The maximum atomic E-state index is 12.4. The minimum atomic E-state index is -0.0515. The monoisotopic (exact) mass is 402 g/mol. The molecule has 0 bridgehead atoms. The summed E-state index contributed by atoms with van der Waals surface area (Å²) >= 11 is 3.18. The predicted octanol–water partition coefficient (Wildman–Crippen LogP) is 3.35. The Bertz CT molecular complexity index is 955. The van der Waals surface area contributed by atoms with Crippen molar-refractivity contribution in [2.45, 2.75) is 44.3 Å². The summed E-state index contributed by atoms with van der Waals surface area (Å²) in [6.07, 6.45) is 3.11. The van der Waals surface area contributed by atoms with Crippen molar-refractivity contribution in [2.75, 3.05) is 11.1 Å². The fraction of sp³-hybridized carbons (Fsp3) is 0.444. The number of thioether (sulfide) groups is 1. The molecule has 7 nitrogen and oxygen atoms in total. The Morgan fingerprint density at radius 1 is 1.37 bits per heavy atom. The molecule has 1 aliphatic rings. The summed E-state index contributed by atoms with van der Waals surface area (Å²) in [6.45, 7) is 3.85. The van der Waals surface area contributed by atoms with Crippen molar-refractivity contribution >= 4 is 34.7 Å². The Labute approximate surface area is 166 Å². The predicted molar refractivity (Wildman–Crippen MR) is 107 cm³/mol. The molecule has 0 atom stereocenters. The Hall–Kier alpha value is -2.13. The minimum absolute atomic E-state index is 0.0515. The Morgan fingerprint density at radius 3 is 2.81 bits per heavy atom. The van der Waals surface area contributed by atoms with Crippen LogP contribution >= 0.6 is 23.1 Å². The van der Waals surface area contributed by atoms with Crippen LogP contribution in [0.5, 0.6) is 0 Å². The lowest BCUT2D eigenvalue weighted by Crippen LogP contribution is -2.16. The first-order chi connectivity index (χ1) is 13.0. The van der Waals surface area contributed by atoms with Gasteiger partial charge in [0.05, 0.1) is 22.8 Å². The molecule has 1 aliphatic carbocycles. The second kappa shape index (κ2) is 7.47. The zero-order valence-corrected chi connectivity index (χ0v) is 17.2. The maximum absolute atomic E-state index is 12.4. The van der Waals surface area contributed by atoms with E-state index >= 15 is 0 Å². The van der Waals surface area contributed by atoms with Crippen LogP contribution in [0.1, 0.15) is 41.0 Å². The van der Waals surface area contributed by atoms with E-state index in [9.17, 15) is 4.79 Å². The van der Waals surface area contributed by atoms with E-state index in [0.717, 1.165) is 47.3 Å². The quantitative estimate of drug-likeness (QED) is 0.613. The van der Waals surface area contributed by atoms with Crippen LogP contribution in [0.15, 0.2) is 22.7 Å². The molecule has 142 valence electrons. The van der Waals surface area contributed by atoms with Crippen molar-refractivity contribution in [3.05, 3.63) is 39.6 Å². The number of aryl methyl sites for hydroxylation is 2. The Kier molecular flexibility index (Phi) is 5.05. The molecule has 0 aliphatic heterocycles. The van der Waals surface area contributed by atoms with Crippen molar-refractivity contribution in [3.8, 4) is 0 Å².